The van der Waals surface area contributed by atoms with Gasteiger partial charge in [-0.05, 0) is 38.1 Å². The molecule has 1 aliphatic carbocycles. The fourth-order valence-corrected chi connectivity index (χ4v) is 1.91. The second-order valence-corrected chi connectivity index (χ2v) is 5.28. The van der Waals surface area contributed by atoms with Gasteiger partial charge in [0.15, 0.2) is 0 Å². The second kappa shape index (κ2) is 8.60. The molecule has 3 N–H and O–H groups in total. The normalized spacial score (nSPS) is 13.0. The van der Waals surface area contributed by atoms with E-state index in [9.17, 15) is 9.59 Å². The third kappa shape index (κ3) is 5.54. The number of hydrogen-bond acceptors (Lipinski definition) is 3. The lowest BCUT2D eigenvalue weighted by Gasteiger charge is -2.17. The molecular weight excluding hydrogens is 304 g/mol. The van der Waals surface area contributed by atoms with Gasteiger partial charge >= 0.3 is 6.03 Å². The maximum absolute atomic E-state index is 12.2. The Bertz CT molecular complexity index is 520. The number of amides is 3. The summed E-state index contributed by atoms with van der Waals surface area (Å²) >= 11 is 0. The van der Waals surface area contributed by atoms with Crippen LogP contribution in [-0.4, -0.2) is 50.1 Å². The molecule has 0 saturated heterocycles. The number of anilines is 1. The number of nitrogens with one attached hydrogen (secondary N) is 3. The summed E-state index contributed by atoms with van der Waals surface area (Å²) in [5, 5.41) is 8.61. The Balaban J connectivity index is 0.00000242. The third-order valence-electron chi connectivity index (χ3n) is 3.32. The molecule has 22 heavy (non-hydrogen) atoms. The highest BCUT2D eigenvalue weighted by Gasteiger charge is 2.23. The minimum atomic E-state index is -0.217. The lowest BCUT2D eigenvalue weighted by molar-refractivity contribution is 0.0797. The molecule has 0 bridgehead atoms. The zero-order valence-electron chi connectivity index (χ0n) is 12.9. The molecule has 1 fully saturated rings. The van der Waals surface area contributed by atoms with Crippen LogP contribution in [0.15, 0.2) is 24.3 Å². The summed E-state index contributed by atoms with van der Waals surface area (Å²) in [6.45, 7) is 1.37. The smallest absolute Gasteiger partial charge is 0.319 e. The summed E-state index contributed by atoms with van der Waals surface area (Å²) < 4.78 is 0. The van der Waals surface area contributed by atoms with Crippen molar-refractivity contribution >= 4 is 30.0 Å². The summed E-state index contributed by atoms with van der Waals surface area (Å²) in [6.07, 6.45) is 2.09. The van der Waals surface area contributed by atoms with Crippen LogP contribution >= 0.6 is 12.4 Å². The van der Waals surface area contributed by atoms with Gasteiger partial charge in [0.05, 0.1) is 0 Å². The highest BCUT2D eigenvalue weighted by atomic mass is 35.5. The van der Waals surface area contributed by atoms with Crippen molar-refractivity contribution in [1.82, 2.24) is 15.5 Å². The summed E-state index contributed by atoms with van der Waals surface area (Å²) in [5.41, 5.74) is 1.19. The Labute approximate surface area is 137 Å². The molecule has 0 unspecified atom stereocenters. The van der Waals surface area contributed by atoms with Crippen molar-refractivity contribution in [2.75, 3.05) is 32.5 Å². The van der Waals surface area contributed by atoms with Gasteiger partial charge in [0.1, 0.15) is 0 Å². The number of benzene rings is 1. The lowest BCUT2D eigenvalue weighted by atomic mass is 10.2. The third-order valence-corrected chi connectivity index (χ3v) is 3.32. The topological polar surface area (TPSA) is 73.5 Å². The van der Waals surface area contributed by atoms with Crippen LogP contribution in [0.25, 0.3) is 0 Å². The molecule has 0 radical (unpaired) electrons. The van der Waals surface area contributed by atoms with Crippen LogP contribution in [0.4, 0.5) is 10.5 Å². The molecule has 0 aliphatic heterocycles. The number of nitrogens with zero attached hydrogens (tertiary/aromatic N) is 1. The Kier molecular flexibility index (Phi) is 7.14. The van der Waals surface area contributed by atoms with Gasteiger partial charge in [0.2, 0.25) is 0 Å². The van der Waals surface area contributed by atoms with E-state index in [-0.39, 0.29) is 24.3 Å². The number of carbonyl (C=O) groups is 2. The number of likely N-dealkylation sites (N-methyl/N-ethyl adjacent to an activating group) is 2. The van der Waals surface area contributed by atoms with Crippen molar-refractivity contribution < 1.29 is 9.59 Å². The van der Waals surface area contributed by atoms with Gasteiger partial charge in [-0.1, -0.05) is 6.07 Å². The fourth-order valence-electron chi connectivity index (χ4n) is 1.91. The van der Waals surface area contributed by atoms with E-state index in [0.29, 0.717) is 23.8 Å². The average molecular weight is 327 g/mol. The molecule has 1 aliphatic rings. The summed E-state index contributed by atoms with van der Waals surface area (Å²) in [7, 11) is 3.61. The van der Waals surface area contributed by atoms with Crippen LogP contribution in [0.1, 0.15) is 23.2 Å². The molecule has 2 rings (SSSR count). The number of halogens is 1. The van der Waals surface area contributed by atoms with Crippen LogP contribution in [-0.2, 0) is 0 Å². The van der Waals surface area contributed by atoms with Gasteiger partial charge in [0, 0.05) is 37.4 Å². The molecule has 1 aromatic carbocycles. The molecule has 122 valence electrons. The van der Waals surface area contributed by atoms with Gasteiger partial charge in [-0.3, -0.25) is 4.79 Å². The Morgan fingerprint density at radius 3 is 2.68 bits per heavy atom. The Morgan fingerprint density at radius 2 is 2.05 bits per heavy atom. The Hall–Kier alpha value is -1.79. The highest BCUT2D eigenvalue weighted by molar-refractivity contribution is 5.96. The molecule has 1 aromatic rings. The summed E-state index contributed by atoms with van der Waals surface area (Å²) in [5.74, 6) is -0.0588. The molecule has 7 heteroatoms. The first-order valence-electron chi connectivity index (χ1n) is 7.18. The maximum atomic E-state index is 12.2. The molecule has 3 amide bonds. The summed E-state index contributed by atoms with van der Waals surface area (Å²) in [6, 6.07) is 7.09. The first-order chi connectivity index (χ1) is 10.1. The molecule has 6 nitrogen and oxygen atoms in total. The maximum Gasteiger partial charge on any atom is 0.319 e. The molecule has 0 heterocycles. The van der Waals surface area contributed by atoms with Crippen LogP contribution < -0.4 is 16.0 Å². The van der Waals surface area contributed by atoms with Crippen molar-refractivity contribution in [1.29, 1.82) is 0 Å². The number of rotatable bonds is 6. The van der Waals surface area contributed by atoms with E-state index in [0.717, 1.165) is 19.4 Å². The molecular formula is C15H23ClN4O2. The van der Waals surface area contributed by atoms with E-state index >= 15 is 0 Å². The average Bonchev–Trinajstić information content (AvgIpc) is 3.27. The van der Waals surface area contributed by atoms with Gasteiger partial charge in [-0.2, -0.15) is 0 Å². The Morgan fingerprint density at radius 1 is 1.32 bits per heavy atom. The van der Waals surface area contributed by atoms with Crippen LogP contribution in [0.3, 0.4) is 0 Å². The molecule has 0 aromatic heterocycles. The van der Waals surface area contributed by atoms with Crippen LogP contribution in [0.2, 0.25) is 0 Å². The molecule has 0 spiro atoms. The summed E-state index contributed by atoms with van der Waals surface area (Å²) in [4.78, 5) is 25.6. The first-order valence-corrected chi connectivity index (χ1v) is 7.18. The second-order valence-electron chi connectivity index (χ2n) is 5.28. The van der Waals surface area contributed by atoms with Crippen molar-refractivity contribution in [2.24, 2.45) is 0 Å². The predicted octanol–water partition coefficient (Wildman–Crippen LogP) is 1.68. The number of carbonyl (C=O) groups excluding carboxylic acids is 2. The van der Waals surface area contributed by atoms with Crippen LogP contribution in [0, 0.1) is 0 Å². The quantitative estimate of drug-likeness (QED) is 0.744. The molecule has 1 saturated carbocycles. The zero-order chi connectivity index (χ0) is 15.2. The van der Waals surface area contributed by atoms with E-state index in [4.69, 9.17) is 0 Å². The van der Waals surface area contributed by atoms with Gasteiger partial charge < -0.3 is 20.9 Å². The first kappa shape index (κ1) is 18.3. The van der Waals surface area contributed by atoms with E-state index in [1.807, 2.05) is 7.05 Å². The minimum Gasteiger partial charge on any atom is -0.340 e. The van der Waals surface area contributed by atoms with E-state index in [2.05, 4.69) is 16.0 Å². The minimum absolute atomic E-state index is 0. The van der Waals surface area contributed by atoms with Crippen molar-refractivity contribution in [2.45, 2.75) is 18.9 Å². The SMILES string of the molecule is CNCCN(C)C(=O)c1cccc(NC(=O)NC2CC2)c1.Cl. The predicted molar refractivity (Wildman–Crippen MR) is 89.8 cm³/mol. The van der Waals surface area contributed by atoms with Crippen molar-refractivity contribution in [3.05, 3.63) is 29.8 Å². The van der Waals surface area contributed by atoms with Crippen molar-refractivity contribution in [3.63, 3.8) is 0 Å². The van der Waals surface area contributed by atoms with E-state index < -0.39 is 0 Å². The van der Waals surface area contributed by atoms with E-state index in [1.54, 1.807) is 36.2 Å². The number of hydrogen-bond donors (Lipinski definition) is 3. The van der Waals surface area contributed by atoms with Gasteiger partial charge in [-0.15, -0.1) is 12.4 Å². The highest BCUT2D eigenvalue weighted by Crippen LogP contribution is 2.19. The van der Waals surface area contributed by atoms with Gasteiger partial charge in [0.25, 0.3) is 5.91 Å². The zero-order valence-corrected chi connectivity index (χ0v) is 13.7. The molecule has 0 atom stereocenters. The monoisotopic (exact) mass is 326 g/mol. The van der Waals surface area contributed by atoms with E-state index in [1.165, 1.54) is 0 Å². The van der Waals surface area contributed by atoms with Gasteiger partial charge in [-0.25, -0.2) is 4.79 Å². The lowest BCUT2D eigenvalue weighted by Crippen LogP contribution is -2.33. The van der Waals surface area contributed by atoms with Crippen LogP contribution in [0.5, 0.6) is 0 Å². The fraction of sp³-hybridized carbons (Fsp3) is 0.467. The van der Waals surface area contributed by atoms with Crippen molar-refractivity contribution in [3.8, 4) is 0 Å². The largest absolute Gasteiger partial charge is 0.340 e. The number of urea groups is 1. The standard InChI is InChI=1S/C15H22N4O2.ClH/c1-16-8-9-19(2)14(20)11-4-3-5-13(10-11)18-15(21)17-12-6-7-12;/h3-5,10,12,16H,6-9H2,1-2H3,(H2,17,18,21);1H.